The molecule has 15 heavy (non-hydrogen) atoms. The Morgan fingerprint density at radius 3 is 2.20 bits per heavy atom. The third-order valence-electron chi connectivity index (χ3n) is 1.85. The average molecular weight is 213 g/mol. The quantitative estimate of drug-likeness (QED) is 0.523. The van der Waals surface area contributed by atoms with Crippen LogP contribution in [0.15, 0.2) is 11.6 Å². The molecule has 86 valence electrons. The lowest BCUT2D eigenvalue weighted by molar-refractivity contribution is -0.146. The van der Waals surface area contributed by atoms with Crippen molar-refractivity contribution in [2.24, 2.45) is 0 Å². The zero-order chi connectivity index (χ0) is 12.0. The summed E-state index contributed by atoms with van der Waals surface area (Å²) in [5.41, 5.74) is 0.913. The molecule has 4 nitrogen and oxygen atoms in total. The van der Waals surface area contributed by atoms with Crippen molar-refractivity contribution < 1.29 is 14.3 Å². The van der Waals surface area contributed by atoms with E-state index in [0.29, 0.717) is 0 Å². The second-order valence-corrected chi connectivity index (χ2v) is 3.86. The van der Waals surface area contributed by atoms with E-state index in [9.17, 15) is 9.59 Å². The summed E-state index contributed by atoms with van der Waals surface area (Å²) < 4.78 is 4.53. The second kappa shape index (κ2) is 6.22. The van der Waals surface area contributed by atoms with Crippen LogP contribution in [0.25, 0.3) is 0 Å². The zero-order valence-corrected chi connectivity index (χ0v) is 10.0. The van der Waals surface area contributed by atoms with Crippen LogP contribution in [-0.4, -0.2) is 36.5 Å². The number of nitrogens with zero attached hydrogens (tertiary/aromatic N) is 1. The van der Waals surface area contributed by atoms with Crippen LogP contribution in [0.2, 0.25) is 0 Å². The summed E-state index contributed by atoms with van der Waals surface area (Å²) >= 11 is 0. The van der Waals surface area contributed by atoms with Gasteiger partial charge in [-0.05, 0) is 27.7 Å². The fourth-order valence-electron chi connectivity index (χ4n) is 1.05. The maximum Gasteiger partial charge on any atom is 0.325 e. The monoisotopic (exact) mass is 213 g/mol. The number of esters is 1. The number of allylic oxidation sites excluding steroid dienone is 1. The predicted octanol–water partition coefficient (Wildman–Crippen LogP) is 1.36. The van der Waals surface area contributed by atoms with Crippen molar-refractivity contribution in [1.82, 2.24) is 4.90 Å². The topological polar surface area (TPSA) is 46.6 Å². The first-order chi connectivity index (χ1) is 6.88. The average Bonchev–Trinajstić information content (AvgIpc) is 2.11. The van der Waals surface area contributed by atoms with Crippen molar-refractivity contribution in [1.29, 1.82) is 0 Å². The molecule has 0 aliphatic carbocycles. The van der Waals surface area contributed by atoms with Crippen molar-refractivity contribution in [2.75, 3.05) is 13.7 Å². The fourth-order valence-corrected chi connectivity index (χ4v) is 1.05. The first kappa shape index (κ1) is 13.7. The number of carbonyl (C=O) groups excluding carboxylic acids is 2. The van der Waals surface area contributed by atoms with Crippen molar-refractivity contribution in [3.8, 4) is 0 Å². The second-order valence-electron chi connectivity index (χ2n) is 3.86. The zero-order valence-electron chi connectivity index (χ0n) is 10.0. The van der Waals surface area contributed by atoms with E-state index in [1.807, 2.05) is 27.7 Å². The summed E-state index contributed by atoms with van der Waals surface area (Å²) in [6.45, 7) is 7.40. The summed E-state index contributed by atoms with van der Waals surface area (Å²) in [7, 11) is 1.31. The van der Waals surface area contributed by atoms with Crippen LogP contribution in [0.4, 0.5) is 0 Å². The van der Waals surface area contributed by atoms with Crippen molar-refractivity contribution in [3.63, 3.8) is 0 Å². The Morgan fingerprint density at radius 2 is 1.87 bits per heavy atom. The summed E-state index contributed by atoms with van der Waals surface area (Å²) in [6.07, 6.45) is 1.52. The molecule has 0 saturated carbocycles. The molecular formula is C11H19NO3. The van der Waals surface area contributed by atoms with Crippen LogP contribution >= 0.6 is 0 Å². The van der Waals surface area contributed by atoms with Crippen molar-refractivity contribution in [2.45, 2.75) is 33.7 Å². The lowest BCUT2D eigenvalue weighted by Crippen LogP contribution is -2.40. The lowest BCUT2D eigenvalue weighted by Gasteiger charge is -2.24. The number of hydrogen-bond donors (Lipinski definition) is 0. The largest absolute Gasteiger partial charge is 0.468 e. The molecule has 0 rings (SSSR count). The van der Waals surface area contributed by atoms with E-state index in [2.05, 4.69) is 4.74 Å². The van der Waals surface area contributed by atoms with Gasteiger partial charge in [0.1, 0.15) is 6.54 Å². The Hall–Kier alpha value is -1.32. The molecule has 0 aromatic rings. The van der Waals surface area contributed by atoms with Crippen LogP contribution in [0, 0.1) is 0 Å². The van der Waals surface area contributed by atoms with E-state index >= 15 is 0 Å². The molecule has 0 aliphatic rings. The van der Waals surface area contributed by atoms with E-state index < -0.39 is 5.97 Å². The predicted molar refractivity (Wildman–Crippen MR) is 58.3 cm³/mol. The number of amides is 1. The first-order valence-corrected chi connectivity index (χ1v) is 4.90. The van der Waals surface area contributed by atoms with Gasteiger partial charge in [-0.25, -0.2) is 0 Å². The van der Waals surface area contributed by atoms with Gasteiger partial charge in [0, 0.05) is 12.1 Å². The molecule has 0 aromatic heterocycles. The standard InChI is InChI=1S/C11H19NO3/c1-8(2)6-10(13)12(9(3)4)7-11(14)15-5/h6,9H,7H2,1-5H3. The molecule has 4 heteroatoms. The molecule has 0 unspecified atom stereocenters. The maximum atomic E-state index is 11.7. The van der Waals surface area contributed by atoms with Crippen molar-refractivity contribution >= 4 is 11.9 Å². The summed E-state index contributed by atoms with van der Waals surface area (Å²) in [5.74, 6) is -0.561. The molecule has 0 N–H and O–H groups in total. The van der Waals surface area contributed by atoms with Crippen molar-refractivity contribution in [3.05, 3.63) is 11.6 Å². The Balaban J connectivity index is 4.60. The maximum absolute atomic E-state index is 11.7. The minimum Gasteiger partial charge on any atom is -0.468 e. The van der Waals surface area contributed by atoms with E-state index in [4.69, 9.17) is 0 Å². The van der Waals surface area contributed by atoms with Gasteiger partial charge in [-0.15, -0.1) is 0 Å². The molecule has 0 aromatic carbocycles. The minimum atomic E-state index is -0.404. The van der Waals surface area contributed by atoms with E-state index in [1.165, 1.54) is 18.1 Å². The number of ether oxygens (including phenoxy) is 1. The first-order valence-electron chi connectivity index (χ1n) is 4.90. The Labute approximate surface area is 90.9 Å². The lowest BCUT2D eigenvalue weighted by atomic mass is 10.2. The van der Waals surface area contributed by atoms with Gasteiger partial charge in [0.15, 0.2) is 0 Å². The molecule has 0 heterocycles. The van der Waals surface area contributed by atoms with Gasteiger partial charge in [0.05, 0.1) is 7.11 Å². The molecule has 1 amide bonds. The van der Waals surface area contributed by atoms with Gasteiger partial charge < -0.3 is 9.64 Å². The van der Waals surface area contributed by atoms with Gasteiger partial charge in [0.2, 0.25) is 5.91 Å². The highest BCUT2D eigenvalue weighted by molar-refractivity contribution is 5.90. The number of rotatable bonds is 4. The Kier molecular flexibility index (Phi) is 5.67. The van der Waals surface area contributed by atoms with Gasteiger partial charge in [-0.2, -0.15) is 0 Å². The molecule has 0 aliphatic heterocycles. The Morgan fingerprint density at radius 1 is 1.33 bits per heavy atom. The number of hydrogen-bond acceptors (Lipinski definition) is 3. The van der Waals surface area contributed by atoms with Gasteiger partial charge >= 0.3 is 5.97 Å². The summed E-state index contributed by atoms with van der Waals surface area (Å²) in [5, 5.41) is 0. The molecule has 0 radical (unpaired) electrons. The van der Waals surface area contributed by atoms with E-state index in [1.54, 1.807) is 0 Å². The summed E-state index contributed by atoms with van der Waals surface area (Å²) in [6, 6.07) is -0.0211. The van der Waals surface area contributed by atoms with Crippen LogP contribution in [0.3, 0.4) is 0 Å². The van der Waals surface area contributed by atoms with Gasteiger partial charge in [-0.1, -0.05) is 5.57 Å². The number of methoxy groups -OCH3 is 1. The van der Waals surface area contributed by atoms with E-state index in [0.717, 1.165) is 5.57 Å². The third kappa shape index (κ3) is 5.20. The highest BCUT2D eigenvalue weighted by Gasteiger charge is 2.18. The molecule has 0 spiro atoms. The highest BCUT2D eigenvalue weighted by Crippen LogP contribution is 2.02. The third-order valence-corrected chi connectivity index (χ3v) is 1.85. The fraction of sp³-hybridized carbons (Fsp3) is 0.636. The molecular weight excluding hydrogens is 194 g/mol. The molecule has 0 bridgehead atoms. The molecule has 0 fully saturated rings. The van der Waals surface area contributed by atoms with Crippen LogP contribution in [-0.2, 0) is 14.3 Å². The van der Waals surface area contributed by atoms with Crippen LogP contribution < -0.4 is 0 Å². The van der Waals surface area contributed by atoms with Gasteiger partial charge in [0.25, 0.3) is 0 Å². The smallest absolute Gasteiger partial charge is 0.325 e. The molecule has 0 atom stereocenters. The number of carbonyl (C=O) groups is 2. The molecule has 0 saturated heterocycles. The normalized spacial score (nSPS) is 9.73. The van der Waals surface area contributed by atoms with Gasteiger partial charge in [-0.3, -0.25) is 9.59 Å². The Bertz CT molecular complexity index is 265. The highest BCUT2D eigenvalue weighted by atomic mass is 16.5. The summed E-state index contributed by atoms with van der Waals surface area (Å²) in [4.78, 5) is 24.2. The van der Waals surface area contributed by atoms with Crippen LogP contribution in [0.5, 0.6) is 0 Å². The van der Waals surface area contributed by atoms with Crippen LogP contribution in [0.1, 0.15) is 27.7 Å². The van der Waals surface area contributed by atoms with E-state index in [-0.39, 0.29) is 18.5 Å². The SMILES string of the molecule is COC(=O)CN(C(=O)C=C(C)C)C(C)C. The minimum absolute atomic E-state index is 0.00319.